The molecule has 1 N–H and O–H groups in total. The average molecular weight is 273 g/mol. The maximum Gasteiger partial charge on any atom is 0.0700 e. The van der Waals surface area contributed by atoms with Gasteiger partial charge in [0.25, 0.3) is 0 Å². The Morgan fingerprint density at radius 3 is 2.84 bits per heavy atom. The Labute approximate surface area is 118 Å². The molecule has 1 atom stereocenters. The van der Waals surface area contributed by atoms with Gasteiger partial charge in [0, 0.05) is 29.5 Å². The molecule has 2 aromatic rings. The smallest absolute Gasteiger partial charge is 0.0700 e. The number of ether oxygens (including phenoxy) is 1. The third-order valence-electron chi connectivity index (χ3n) is 3.42. The van der Waals surface area contributed by atoms with Gasteiger partial charge in [-0.05, 0) is 30.5 Å². The molecule has 1 aliphatic heterocycles. The molecule has 1 aliphatic rings. The van der Waals surface area contributed by atoms with Crippen molar-refractivity contribution in [1.82, 2.24) is 5.32 Å². The molecular weight excluding hydrogens is 254 g/mol. The SMILES string of the molecule is c1ccc(-c2ccc(CNCC3CCCO3)s2)cc1. The fourth-order valence-electron chi connectivity index (χ4n) is 2.39. The van der Waals surface area contributed by atoms with E-state index in [1.807, 2.05) is 11.3 Å². The van der Waals surface area contributed by atoms with Crippen LogP contribution in [0.25, 0.3) is 10.4 Å². The van der Waals surface area contributed by atoms with E-state index in [9.17, 15) is 0 Å². The predicted octanol–water partition coefficient (Wildman–Crippen LogP) is 3.68. The van der Waals surface area contributed by atoms with Crippen LogP contribution in [-0.2, 0) is 11.3 Å². The lowest BCUT2D eigenvalue weighted by molar-refractivity contribution is 0.110. The molecule has 0 bridgehead atoms. The first kappa shape index (κ1) is 12.9. The van der Waals surface area contributed by atoms with Crippen molar-refractivity contribution in [1.29, 1.82) is 0 Å². The molecule has 2 nitrogen and oxygen atoms in total. The molecule has 0 amide bonds. The van der Waals surface area contributed by atoms with Gasteiger partial charge in [0.1, 0.15) is 0 Å². The van der Waals surface area contributed by atoms with E-state index >= 15 is 0 Å². The van der Waals surface area contributed by atoms with E-state index in [1.54, 1.807) is 0 Å². The number of thiophene rings is 1. The molecule has 3 rings (SSSR count). The Hall–Kier alpha value is -1.16. The van der Waals surface area contributed by atoms with E-state index in [0.29, 0.717) is 6.10 Å². The topological polar surface area (TPSA) is 21.3 Å². The Bertz CT molecular complexity index is 502. The van der Waals surface area contributed by atoms with Crippen LogP contribution in [0.3, 0.4) is 0 Å². The van der Waals surface area contributed by atoms with Gasteiger partial charge in [-0.1, -0.05) is 30.3 Å². The summed E-state index contributed by atoms with van der Waals surface area (Å²) in [7, 11) is 0. The van der Waals surface area contributed by atoms with Crippen molar-refractivity contribution in [3.63, 3.8) is 0 Å². The maximum atomic E-state index is 5.61. The largest absolute Gasteiger partial charge is 0.377 e. The van der Waals surface area contributed by atoms with Crippen LogP contribution < -0.4 is 5.32 Å². The number of nitrogens with one attached hydrogen (secondary N) is 1. The lowest BCUT2D eigenvalue weighted by Gasteiger charge is -2.09. The minimum absolute atomic E-state index is 0.425. The maximum absolute atomic E-state index is 5.61. The first-order valence-corrected chi connectivity index (χ1v) is 7.70. The van der Waals surface area contributed by atoms with Crippen LogP contribution in [0.4, 0.5) is 0 Å². The van der Waals surface area contributed by atoms with Crippen LogP contribution in [0.2, 0.25) is 0 Å². The Morgan fingerprint density at radius 2 is 2.05 bits per heavy atom. The van der Waals surface area contributed by atoms with Crippen LogP contribution in [0.15, 0.2) is 42.5 Å². The van der Waals surface area contributed by atoms with Crippen LogP contribution in [-0.4, -0.2) is 19.3 Å². The molecule has 19 heavy (non-hydrogen) atoms. The fourth-order valence-corrected chi connectivity index (χ4v) is 3.37. The van der Waals surface area contributed by atoms with Gasteiger partial charge in [-0.3, -0.25) is 0 Å². The van der Waals surface area contributed by atoms with Gasteiger partial charge in [0.2, 0.25) is 0 Å². The zero-order chi connectivity index (χ0) is 12.9. The highest BCUT2D eigenvalue weighted by molar-refractivity contribution is 7.15. The van der Waals surface area contributed by atoms with E-state index in [1.165, 1.54) is 28.2 Å². The second-order valence-corrected chi connectivity index (χ2v) is 6.07. The molecule has 1 aromatic carbocycles. The number of hydrogen-bond donors (Lipinski definition) is 1. The van der Waals surface area contributed by atoms with Gasteiger partial charge >= 0.3 is 0 Å². The third-order valence-corrected chi connectivity index (χ3v) is 4.55. The van der Waals surface area contributed by atoms with Crippen molar-refractivity contribution >= 4 is 11.3 Å². The second-order valence-electron chi connectivity index (χ2n) is 4.90. The summed E-state index contributed by atoms with van der Waals surface area (Å²) in [5.41, 5.74) is 1.30. The molecule has 1 unspecified atom stereocenters. The zero-order valence-corrected chi connectivity index (χ0v) is 11.8. The molecule has 3 heteroatoms. The van der Waals surface area contributed by atoms with E-state index in [4.69, 9.17) is 4.74 Å². The van der Waals surface area contributed by atoms with Crippen LogP contribution in [0.1, 0.15) is 17.7 Å². The van der Waals surface area contributed by atoms with Crippen molar-refractivity contribution in [2.75, 3.05) is 13.2 Å². The standard InChI is InChI=1S/C16H19NOS/c1-2-5-13(6-3-1)16-9-8-15(19-16)12-17-11-14-7-4-10-18-14/h1-3,5-6,8-9,14,17H,4,7,10-12H2. The molecule has 1 fully saturated rings. The highest BCUT2D eigenvalue weighted by Gasteiger charge is 2.14. The highest BCUT2D eigenvalue weighted by Crippen LogP contribution is 2.27. The summed E-state index contributed by atoms with van der Waals surface area (Å²) < 4.78 is 5.61. The van der Waals surface area contributed by atoms with Gasteiger partial charge in [-0.2, -0.15) is 0 Å². The Balaban J connectivity index is 1.53. The van der Waals surface area contributed by atoms with Crippen molar-refractivity contribution < 1.29 is 4.74 Å². The fraction of sp³-hybridized carbons (Fsp3) is 0.375. The van der Waals surface area contributed by atoms with Crippen LogP contribution >= 0.6 is 11.3 Å². The summed E-state index contributed by atoms with van der Waals surface area (Å²) in [4.78, 5) is 2.73. The highest BCUT2D eigenvalue weighted by atomic mass is 32.1. The van der Waals surface area contributed by atoms with Crippen LogP contribution in [0.5, 0.6) is 0 Å². The van der Waals surface area contributed by atoms with E-state index in [2.05, 4.69) is 47.8 Å². The molecule has 0 radical (unpaired) electrons. The zero-order valence-electron chi connectivity index (χ0n) is 11.0. The number of rotatable bonds is 5. The second kappa shape index (κ2) is 6.33. The van der Waals surface area contributed by atoms with Crippen molar-refractivity contribution in [3.05, 3.63) is 47.3 Å². The van der Waals surface area contributed by atoms with Crippen molar-refractivity contribution in [3.8, 4) is 10.4 Å². The van der Waals surface area contributed by atoms with Gasteiger partial charge in [-0.25, -0.2) is 0 Å². The number of hydrogen-bond acceptors (Lipinski definition) is 3. The molecule has 1 aromatic heterocycles. The van der Waals surface area contributed by atoms with Crippen molar-refractivity contribution in [2.24, 2.45) is 0 Å². The third kappa shape index (κ3) is 3.44. The Morgan fingerprint density at radius 1 is 1.16 bits per heavy atom. The summed E-state index contributed by atoms with van der Waals surface area (Å²) in [6.45, 7) is 2.85. The first-order chi connectivity index (χ1) is 9.42. The van der Waals surface area contributed by atoms with Crippen molar-refractivity contribution in [2.45, 2.75) is 25.5 Å². The van der Waals surface area contributed by atoms with Gasteiger partial charge in [0.15, 0.2) is 0 Å². The Kier molecular flexibility index (Phi) is 4.28. The van der Waals surface area contributed by atoms with E-state index < -0.39 is 0 Å². The van der Waals surface area contributed by atoms with Crippen LogP contribution in [0, 0.1) is 0 Å². The molecule has 0 saturated carbocycles. The molecule has 2 heterocycles. The average Bonchev–Trinajstić information content (AvgIpc) is 3.11. The minimum Gasteiger partial charge on any atom is -0.377 e. The van der Waals surface area contributed by atoms with E-state index in [-0.39, 0.29) is 0 Å². The van der Waals surface area contributed by atoms with Gasteiger partial charge in [0.05, 0.1) is 6.10 Å². The van der Waals surface area contributed by atoms with Gasteiger partial charge < -0.3 is 10.1 Å². The molecule has 100 valence electrons. The predicted molar refractivity (Wildman–Crippen MR) is 80.4 cm³/mol. The van der Waals surface area contributed by atoms with Gasteiger partial charge in [-0.15, -0.1) is 11.3 Å². The summed E-state index contributed by atoms with van der Waals surface area (Å²) in [6.07, 6.45) is 2.84. The lowest BCUT2D eigenvalue weighted by Crippen LogP contribution is -2.25. The molecule has 1 saturated heterocycles. The quantitative estimate of drug-likeness (QED) is 0.897. The first-order valence-electron chi connectivity index (χ1n) is 6.88. The monoisotopic (exact) mass is 273 g/mol. The molecule has 0 aliphatic carbocycles. The normalized spacial score (nSPS) is 18.8. The lowest BCUT2D eigenvalue weighted by atomic mass is 10.2. The summed E-state index contributed by atoms with van der Waals surface area (Å²) >= 11 is 1.87. The summed E-state index contributed by atoms with van der Waals surface area (Å²) in [6, 6.07) is 15.0. The van der Waals surface area contributed by atoms with E-state index in [0.717, 1.165) is 19.7 Å². The minimum atomic E-state index is 0.425. The summed E-state index contributed by atoms with van der Waals surface area (Å²) in [5, 5.41) is 3.49. The molecule has 0 spiro atoms. The summed E-state index contributed by atoms with van der Waals surface area (Å²) in [5.74, 6) is 0. The number of benzene rings is 1. The molecular formula is C16H19NOS.